The fraction of sp³-hybridized carbons (Fsp3) is 0.882. The molecule has 3 rings (SSSR count). The van der Waals surface area contributed by atoms with Gasteiger partial charge in [-0.05, 0) is 45.6 Å². The number of aliphatic hydroxyl groups is 1. The lowest BCUT2D eigenvalue weighted by Crippen LogP contribution is -2.47. The number of rotatable bonds is 8. The van der Waals surface area contributed by atoms with E-state index in [2.05, 4.69) is 11.8 Å². The van der Waals surface area contributed by atoms with Crippen LogP contribution in [0.1, 0.15) is 32.6 Å². The van der Waals surface area contributed by atoms with Crippen LogP contribution >= 0.6 is 0 Å². The molecule has 3 atom stereocenters. The highest BCUT2D eigenvalue weighted by atomic mass is 16.4. The molecule has 1 heterocycles. The van der Waals surface area contributed by atoms with Crippen LogP contribution in [0, 0.1) is 5.92 Å². The lowest BCUT2D eigenvalue weighted by atomic mass is 10.1. The highest BCUT2D eigenvalue weighted by Crippen LogP contribution is 2.39. The molecule has 7 nitrogen and oxygen atoms in total. The Labute approximate surface area is 143 Å². The summed E-state index contributed by atoms with van der Waals surface area (Å²) >= 11 is 0. The number of carboxylic acids is 1. The van der Waals surface area contributed by atoms with Gasteiger partial charge < -0.3 is 15.1 Å². The molecular weight excluding hydrogens is 310 g/mol. The van der Waals surface area contributed by atoms with Gasteiger partial charge >= 0.3 is 5.97 Å². The van der Waals surface area contributed by atoms with Crippen LogP contribution in [0.2, 0.25) is 0 Å². The second-order valence-electron chi connectivity index (χ2n) is 7.75. The van der Waals surface area contributed by atoms with Gasteiger partial charge in [0.2, 0.25) is 5.91 Å². The smallest absolute Gasteiger partial charge is 0.317 e. The topological polar surface area (TPSA) is 84.3 Å². The molecule has 0 unspecified atom stereocenters. The van der Waals surface area contributed by atoms with E-state index in [9.17, 15) is 14.7 Å². The van der Waals surface area contributed by atoms with Gasteiger partial charge in [-0.15, -0.1) is 0 Å². The third kappa shape index (κ3) is 4.07. The fourth-order valence-corrected chi connectivity index (χ4v) is 3.93. The summed E-state index contributed by atoms with van der Waals surface area (Å²) in [5, 5.41) is 19.1. The van der Waals surface area contributed by atoms with E-state index in [1.807, 2.05) is 4.90 Å². The molecule has 3 fully saturated rings. The van der Waals surface area contributed by atoms with E-state index < -0.39 is 12.1 Å². The number of carboxylic acid groups (broad SMARTS) is 1. The largest absolute Gasteiger partial charge is 0.480 e. The van der Waals surface area contributed by atoms with E-state index in [-0.39, 0.29) is 18.5 Å². The highest BCUT2D eigenvalue weighted by Gasteiger charge is 2.43. The average molecular weight is 339 g/mol. The first-order chi connectivity index (χ1) is 11.4. The Morgan fingerprint density at radius 2 is 1.88 bits per heavy atom. The number of aliphatic hydroxyl groups excluding tert-OH is 1. The summed E-state index contributed by atoms with van der Waals surface area (Å²) in [7, 11) is 1.71. The lowest BCUT2D eigenvalue weighted by molar-refractivity contribution is -0.139. The Morgan fingerprint density at radius 3 is 2.42 bits per heavy atom. The zero-order valence-corrected chi connectivity index (χ0v) is 14.6. The molecule has 1 aliphatic heterocycles. The van der Waals surface area contributed by atoms with Crippen LogP contribution in [-0.2, 0) is 9.59 Å². The molecule has 3 aliphatic rings. The minimum Gasteiger partial charge on any atom is -0.480 e. The van der Waals surface area contributed by atoms with Gasteiger partial charge in [-0.2, -0.15) is 0 Å². The second kappa shape index (κ2) is 6.98. The molecule has 0 bridgehead atoms. The fourth-order valence-electron chi connectivity index (χ4n) is 3.93. The third-order valence-corrected chi connectivity index (χ3v) is 5.62. The molecule has 0 aromatic carbocycles. The van der Waals surface area contributed by atoms with Gasteiger partial charge in [0.05, 0.1) is 19.2 Å². The summed E-state index contributed by atoms with van der Waals surface area (Å²) in [4.78, 5) is 29.4. The first kappa shape index (κ1) is 17.6. The SMILES string of the molecule is C[C@H](C1CC1)N(C(=O)CN1C[C@@H](O)[C@@H](N(C)CC(=O)O)C1)C1CC1. The van der Waals surface area contributed by atoms with E-state index in [0.717, 1.165) is 12.8 Å². The molecule has 0 aromatic rings. The van der Waals surface area contributed by atoms with Gasteiger partial charge in [-0.25, -0.2) is 0 Å². The standard InChI is InChI=1S/C17H29N3O4/c1-11(12-3-4-12)20(13-5-6-13)16(22)9-19-7-14(15(21)8-19)18(2)10-17(23)24/h11-15,21H,3-10H2,1-2H3,(H,23,24)/t11-,14+,15-/m1/s1. The Hall–Kier alpha value is -1.18. The monoisotopic (exact) mass is 339 g/mol. The van der Waals surface area contributed by atoms with E-state index in [1.54, 1.807) is 11.9 Å². The Morgan fingerprint density at radius 1 is 1.21 bits per heavy atom. The van der Waals surface area contributed by atoms with Crippen molar-refractivity contribution in [2.75, 3.05) is 33.2 Å². The molecule has 2 saturated carbocycles. The Kier molecular flexibility index (Phi) is 5.13. The van der Waals surface area contributed by atoms with E-state index in [0.29, 0.717) is 37.6 Å². The van der Waals surface area contributed by atoms with Gasteiger partial charge in [0, 0.05) is 31.2 Å². The molecule has 2 aliphatic carbocycles. The third-order valence-electron chi connectivity index (χ3n) is 5.62. The lowest BCUT2D eigenvalue weighted by Gasteiger charge is -2.31. The molecule has 2 N–H and O–H groups in total. The maximum atomic E-state index is 12.8. The van der Waals surface area contributed by atoms with E-state index in [4.69, 9.17) is 5.11 Å². The molecule has 0 radical (unpaired) electrons. The summed E-state index contributed by atoms with van der Waals surface area (Å²) in [5.74, 6) is -0.0869. The number of β-amino-alcohol motifs (C(OH)–C–C–N with tert-alkyl or cyclic N) is 1. The summed E-state index contributed by atoms with van der Waals surface area (Å²) in [5.41, 5.74) is 0. The number of carbonyl (C=O) groups excluding carboxylic acids is 1. The van der Waals surface area contributed by atoms with Crippen LogP contribution in [0.15, 0.2) is 0 Å². The van der Waals surface area contributed by atoms with Crippen molar-refractivity contribution in [2.45, 2.75) is 56.8 Å². The Bertz CT molecular complexity index is 492. The summed E-state index contributed by atoms with van der Waals surface area (Å²) in [6, 6.07) is 0.498. The molecule has 24 heavy (non-hydrogen) atoms. The van der Waals surface area contributed by atoms with Crippen LogP contribution in [-0.4, -0.2) is 94.2 Å². The van der Waals surface area contributed by atoms with E-state index >= 15 is 0 Å². The molecule has 7 heteroatoms. The normalized spacial score (nSPS) is 29.0. The zero-order valence-electron chi connectivity index (χ0n) is 14.6. The van der Waals surface area contributed by atoms with Crippen LogP contribution < -0.4 is 0 Å². The van der Waals surface area contributed by atoms with Crippen molar-refractivity contribution in [3.8, 4) is 0 Å². The van der Waals surface area contributed by atoms with Gasteiger partial charge in [0.1, 0.15) is 0 Å². The molecular formula is C17H29N3O4. The predicted molar refractivity (Wildman–Crippen MR) is 88.6 cm³/mol. The summed E-state index contributed by atoms with van der Waals surface area (Å²) in [6.45, 7) is 3.35. The van der Waals surface area contributed by atoms with E-state index in [1.165, 1.54) is 12.8 Å². The second-order valence-corrected chi connectivity index (χ2v) is 7.75. The molecule has 0 spiro atoms. The zero-order chi connectivity index (χ0) is 17.4. The quantitative estimate of drug-likeness (QED) is 0.639. The number of likely N-dealkylation sites (tertiary alicyclic amines) is 1. The number of hydrogen-bond donors (Lipinski definition) is 2. The van der Waals surface area contributed by atoms with Crippen LogP contribution in [0.5, 0.6) is 0 Å². The van der Waals surface area contributed by atoms with Gasteiger partial charge in [0.25, 0.3) is 0 Å². The van der Waals surface area contributed by atoms with Gasteiger partial charge in [-0.1, -0.05) is 0 Å². The van der Waals surface area contributed by atoms with Crippen LogP contribution in [0.3, 0.4) is 0 Å². The number of nitrogens with zero attached hydrogens (tertiary/aromatic N) is 3. The van der Waals surface area contributed by atoms with Gasteiger partial charge in [0.15, 0.2) is 0 Å². The maximum Gasteiger partial charge on any atom is 0.317 e. The predicted octanol–water partition coefficient (Wildman–Crippen LogP) is -0.163. The molecule has 136 valence electrons. The number of carbonyl (C=O) groups is 2. The molecule has 1 amide bonds. The van der Waals surface area contributed by atoms with Crippen molar-refractivity contribution in [2.24, 2.45) is 5.92 Å². The number of aliphatic carboxylic acids is 1. The van der Waals surface area contributed by atoms with Crippen molar-refractivity contribution in [3.05, 3.63) is 0 Å². The van der Waals surface area contributed by atoms with Crippen molar-refractivity contribution in [1.29, 1.82) is 0 Å². The van der Waals surface area contributed by atoms with Gasteiger partial charge in [-0.3, -0.25) is 19.4 Å². The van der Waals surface area contributed by atoms with Crippen LogP contribution in [0.4, 0.5) is 0 Å². The summed E-state index contributed by atoms with van der Waals surface area (Å²) in [6.07, 6.45) is 4.05. The van der Waals surface area contributed by atoms with Crippen molar-refractivity contribution in [3.63, 3.8) is 0 Å². The Balaban J connectivity index is 1.55. The highest BCUT2D eigenvalue weighted by molar-refractivity contribution is 5.79. The minimum atomic E-state index is -0.905. The number of amides is 1. The van der Waals surface area contributed by atoms with Crippen LogP contribution in [0.25, 0.3) is 0 Å². The molecule has 0 aromatic heterocycles. The van der Waals surface area contributed by atoms with Crippen molar-refractivity contribution in [1.82, 2.24) is 14.7 Å². The average Bonchev–Trinajstić information content (AvgIpc) is 3.37. The van der Waals surface area contributed by atoms with Crippen molar-refractivity contribution >= 4 is 11.9 Å². The minimum absolute atomic E-state index is 0.101. The first-order valence-electron chi connectivity index (χ1n) is 9.00. The first-order valence-corrected chi connectivity index (χ1v) is 9.00. The number of hydrogen-bond acceptors (Lipinski definition) is 5. The number of likely N-dealkylation sites (N-methyl/N-ethyl adjacent to an activating group) is 1. The maximum absolute atomic E-state index is 12.8. The summed E-state index contributed by atoms with van der Waals surface area (Å²) < 4.78 is 0. The molecule has 1 saturated heterocycles. The van der Waals surface area contributed by atoms with Crippen molar-refractivity contribution < 1.29 is 19.8 Å².